The number of carbonyl (C=O) groups is 2. The van der Waals surface area contributed by atoms with Gasteiger partial charge in [-0.25, -0.2) is 9.07 Å². The van der Waals surface area contributed by atoms with Gasteiger partial charge in [0.05, 0.1) is 18.8 Å². The topological polar surface area (TPSA) is 89.4 Å². The molecule has 1 N–H and O–H groups in total. The second kappa shape index (κ2) is 9.34. The molecule has 34 heavy (non-hydrogen) atoms. The van der Waals surface area contributed by atoms with Gasteiger partial charge in [0, 0.05) is 24.7 Å². The molecular weight excluding hydrogens is 437 g/mol. The van der Waals surface area contributed by atoms with Crippen LogP contribution in [0.25, 0.3) is 0 Å². The summed E-state index contributed by atoms with van der Waals surface area (Å²) in [6.45, 7) is 3.73. The Hall–Kier alpha value is -3.59. The van der Waals surface area contributed by atoms with Crippen LogP contribution in [-0.4, -0.2) is 44.8 Å². The van der Waals surface area contributed by atoms with Crippen LogP contribution in [0.4, 0.5) is 10.1 Å². The van der Waals surface area contributed by atoms with E-state index in [0.29, 0.717) is 49.6 Å². The van der Waals surface area contributed by atoms with Crippen LogP contribution < -0.4 is 5.32 Å². The molecule has 0 spiro atoms. The molecule has 0 aliphatic carbocycles. The number of nitrogens with one attached hydrogen (secondary N) is 1. The fourth-order valence-electron chi connectivity index (χ4n) is 4.43. The number of hydrogen-bond acceptors (Lipinski definition) is 5. The third-order valence-electron chi connectivity index (χ3n) is 6.51. The van der Waals surface area contributed by atoms with E-state index in [-0.39, 0.29) is 36.3 Å². The van der Waals surface area contributed by atoms with E-state index < -0.39 is 0 Å². The molecule has 0 unspecified atom stereocenters. The summed E-state index contributed by atoms with van der Waals surface area (Å²) in [5.41, 5.74) is 3.82. The molecule has 5 rings (SSSR count). The van der Waals surface area contributed by atoms with Crippen LogP contribution in [0, 0.1) is 18.7 Å². The van der Waals surface area contributed by atoms with Crippen molar-refractivity contribution in [1.82, 2.24) is 19.9 Å². The summed E-state index contributed by atoms with van der Waals surface area (Å²) in [6, 6.07) is 13.9. The van der Waals surface area contributed by atoms with Crippen molar-refractivity contribution in [2.24, 2.45) is 5.92 Å². The van der Waals surface area contributed by atoms with E-state index in [1.54, 1.807) is 9.58 Å². The van der Waals surface area contributed by atoms with Crippen LogP contribution in [-0.2, 0) is 22.7 Å². The second-order valence-corrected chi connectivity index (χ2v) is 8.84. The first-order valence-corrected chi connectivity index (χ1v) is 11.4. The quantitative estimate of drug-likeness (QED) is 0.640. The summed E-state index contributed by atoms with van der Waals surface area (Å²) in [6.07, 6.45) is 0.968. The predicted molar refractivity (Wildman–Crippen MR) is 122 cm³/mol. The smallest absolute Gasteiger partial charge is 0.276 e. The largest absolute Gasteiger partial charge is 0.365 e. The molecule has 0 bridgehead atoms. The van der Waals surface area contributed by atoms with Crippen molar-refractivity contribution < 1.29 is 18.7 Å². The summed E-state index contributed by atoms with van der Waals surface area (Å²) in [5.74, 6) is -0.857. The lowest BCUT2D eigenvalue weighted by molar-refractivity contribution is -0.121. The standard InChI is InChI=1S/C25H26FN5O3/c1-16-2-4-17(5-3-16)22-14-31-21(15-34-22)23(28-29-31)25(33)30-12-10-18(11-13-30)24(32)27-20-8-6-19(26)7-9-20/h2-9,18,22H,10-15H2,1H3,(H,27,32)/t22-/m0/s1. The Labute approximate surface area is 196 Å². The molecule has 2 aromatic carbocycles. The maximum absolute atomic E-state index is 13.1. The highest BCUT2D eigenvalue weighted by Crippen LogP contribution is 2.28. The fourth-order valence-corrected chi connectivity index (χ4v) is 4.43. The van der Waals surface area contributed by atoms with E-state index in [0.717, 1.165) is 5.56 Å². The highest BCUT2D eigenvalue weighted by atomic mass is 19.1. The van der Waals surface area contributed by atoms with Gasteiger partial charge in [0.25, 0.3) is 5.91 Å². The van der Waals surface area contributed by atoms with Gasteiger partial charge in [-0.15, -0.1) is 5.10 Å². The molecule has 1 saturated heterocycles. The van der Waals surface area contributed by atoms with Gasteiger partial charge >= 0.3 is 0 Å². The van der Waals surface area contributed by atoms with Crippen LogP contribution in [0.1, 0.15) is 46.3 Å². The van der Waals surface area contributed by atoms with Gasteiger partial charge in [-0.1, -0.05) is 35.0 Å². The number of ether oxygens (including phenoxy) is 1. The molecule has 2 amide bonds. The maximum atomic E-state index is 13.1. The maximum Gasteiger partial charge on any atom is 0.276 e. The van der Waals surface area contributed by atoms with Gasteiger partial charge in [-0.05, 0) is 49.6 Å². The lowest BCUT2D eigenvalue weighted by Crippen LogP contribution is -2.42. The number of piperidine rings is 1. The highest BCUT2D eigenvalue weighted by Gasteiger charge is 2.33. The molecular formula is C25H26FN5O3. The Bertz CT molecular complexity index is 1180. The average molecular weight is 464 g/mol. The number of aromatic nitrogens is 3. The lowest BCUT2D eigenvalue weighted by Gasteiger charge is -2.31. The van der Waals surface area contributed by atoms with E-state index in [1.807, 2.05) is 31.2 Å². The van der Waals surface area contributed by atoms with Crippen LogP contribution in [0.15, 0.2) is 48.5 Å². The number of fused-ring (bicyclic) bond motifs is 1. The molecule has 0 radical (unpaired) electrons. The van der Waals surface area contributed by atoms with Crippen LogP contribution in [0.3, 0.4) is 0 Å². The van der Waals surface area contributed by atoms with Gasteiger partial charge in [-0.3, -0.25) is 9.59 Å². The molecule has 1 aromatic heterocycles. The summed E-state index contributed by atoms with van der Waals surface area (Å²) in [4.78, 5) is 27.4. The van der Waals surface area contributed by atoms with Crippen LogP contribution in [0.2, 0.25) is 0 Å². The molecule has 3 heterocycles. The van der Waals surface area contributed by atoms with Crippen molar-refractivity contribution in [3.63, 3.8) is 0 Å². The van der Waals surface area contributed by atoms with Gasteiger partial charge in [0.1, 0.15) is 11.9 Å². The molecule has 0 saturated carbocycles. The van der Waals surface area contributed by atoms with Crippen molar-refractivity contribution in [3.05, 3.63) is 76.9 Å². The molecule has 176 valence electrons. The number of rotatable bonds is 4. The SMILES string of the molecule is Cc1ccc([C@@H]2Cn3nnc(C(=O)N4CCC(C(=O)Nc5ccc(F)cc5)CC4)c3CO2)cc1. The van der Waals surface area contributed by atoms with E-state index >= 15 is 0 Å². The zero-order valence-corrected chi connectivity index (χ0v) is 18.9. The predicted octanol–water partition coefficient (Wildman–Crippen LogP) is 3.49. The van der Waals surface area contributed by atoms with E-state index in [2.05, 4.69) is 15.6 Å². The normalized spacial score (nSPS) is 18.4. The highest BCUT2D eigenvalue weighted by molar-refractivity contribution is 5.94. The number of benzene rings is 2. The zero-order valence-electron chi connectivity index (χ0n) is 18.9. The summed E-state index contributed by atoms with van der Waals surface area (Å²) in [5, 5.41) is 11.2. The van der Waals surface area contributed by atoms with Crippen molar-refractivity contribution >= 4 is 17.5 Å². The second-order valence-electron chi connectivity index (χ2n) is 8.84. The molecule has 1 fully saturated rings. The first kappa shape index (κ1) is 22.2. The zero-order chi connectivity index (χ0) is 23.7. The minimum Gasteiger partial charge on any atom is -0.365 e. The van der Waals surface area contributed by atoms with E-state index in [4.69, 9.17) is 4.74 Å². The Morgan fingerprint density at radius 1 is 1.06 bits per heavy atom. The number of aryl methyl sites for hydroxylation is 1. The number of anilines is 1. The minimum absolute atomic E-state index is 0.115. The third kappa shape index (κ3) is 4.56. The number of amides is 2. The number of halogens is 1. The lowest BCUT2D eigenvalue weighted by atomic mass is 9.95. The summed E-state index contributed by atoms with van der Waals surface area (Å²) in [7, 11) is 0. The fraction of sp³-hybridized carbons (Fsp3) is 0.360. The van der Waals surface area contributed by atoms with Crippen molar-refractivity contribution in [2.75, 3.05) is 18.4 Å². The van der Waals surface area contributed by atoms with Gasteiger partial charge in [-0.2, -0.15) is 0 Å². The Kier molecular flexibility index (Phi) is 6.10. The summed E-state index contributed by atoms with van der Waals surface area (Å²) < 4.78 is 20.8. The van der Waals surface area contributed by atoms with Crippen LogP contribution >= 0.6 is 0 Å². The molecule has 9 heteroatoms. The average Bonchev–Trinajstić information content (AvgIpc) is 3.29. The number of likely N-dealkylation sites (tertiary alicyclic amines) is 1. The van der Waals surface area contributed by atoms with Gasteiger partial charge in [0.2, 0.25) is 5.91 Å². The van der Waals surface area contributed by atoms with Crippen molar-refractivity contribution in [2.45, 2.75) is 39.0 Å². The number of hydrogen-bond donors (Lipinski definition) is 1. The van der Waals surface area contributed by atoms with Gasteiger partial charge < -0.3 is 15.0 Å². The molecule has 2 aliphatic heterocycles. The first-order valence-electron chi connectivity index (χ1n) is 11.4. The van der Waals surface area contributed by atoms with Crippen molar-refractivity contribution in [1.29, 1.82) is 0 Å². The van der Waals surface area contributed by atoms with E-state index in [1.165, 1.54) is 29.8 Å². The Balaban J connectivity index is 1.18. The minimum atomic E-state index is -0.350. The molecule has 2 aliphatic rings. The monoisotopic (exact) mass is 463 g/mol. The first-order chi connectivity index (χ1) is 16.5. The van der Waals surface area contributed by atoms with Crippen molar-refractivity contribution in [3.8, 4) is 0 Å². The molecule has 1 atom stereocenters. The Morgan fingerprint density at radius 3 is 2.47 bits per heavy atom. The summed E-state index contributed by atoms with van der Waals surface area (Å²) >= 11 is 0. The molecule has 3 aromatic rings. The number of nitrogens with zero attached hydrogens (tertiary/aromatic N) is 4. The van der Waals surface area contributed by atoms with Gasteiger partial charge in [0.15, 0.2) is 5.69 Å². The third-order valence-corrected chi connectivity index (χ3v) is 6.51. The number of carbonyl (C=O) groups excluding carboxylic acids is 2. The van der Waals surface area contributed by atoms with Crippen LogP contribution in [0.5, 0.6) is 0 Å². The Morgan fingerprint density at radius 2 is 1.76 bits per heavy atom. The van der Waals surface area contributed by atoms with E-state index in [9.17, 15) is 14.0 Å². The molecule has 8 nitrogen and oxygen atoms in total.